The van der Waals surface area contributed by atoms with Crippen molar-refractivity contribution in [2.24, 2.45) is 5.41 Å². The molecule has 0 aromatic carbocycles. The molecular formula is C9H17NO2. The molecule has 0 radical (unpaired) electrons. The standard InChI is InChI=1S/C9H17NO2/c1-5-6-7(11)10-8(12)9(2,3)4/h5-6H2,1-4H3,(H,10,11,12). The summed E-state index contributed by atoms with van der Waals surface area (Å²) in [4.78, 5) is 22.2. The van der Waals surface area contributed by atoms with Crippen LogP contribution < -0.4 is 5.32 Å². The maximum absolute atomic E-state index is 11.2. The lowest BCUT2D eigenvalue weighted by Crippen LogP contribution is -2.38. The summed E-state index contributed by atoms with van der Waals surface area (Å²) in [6, 6.07) is 0. The van der Waals surface area contributed by atoms with Crippen LogP contribution in [0.5, 0.6) is 0 Å². The summed E-state index contributed by atoms with van der Waals surface area (Å²) in [5, 5.41) is 2.34. The van der Waals surface area contributed by atoms with Gasteiger partial charge in [0.2, 0.25) is 11.8 Å². The molecule has 0 bridgehead atoms. The van der Waals surface area contributed by atoms with Crippen molar-refractivity contribution in [3.05, 3.63) is 0 Å². The highest BCUT2D eigenvalue weighted by molar-refractivity contribution is 5.97. The summed E-state index contributed by atoms with van der Waals surface area (Å²) in [6.45, 7) is 7.24. The number of rotatable bonds is 2. The number of imide groups is 1. The molecule has 0 spiro atoms. The fourth-order valence-corrected chi connectivity index (χ4v) is 0.604. The van der Waals surface area contributed by atoms with Gasteiger partial charge >= 0.3 is 0 Å². The van der Waals surface area contributed by atoms with Crippen LogP contribution in [0.25, 0.3) is 0 Å². The Labute approximate surface area is 73.5 Å². The fourth-order valence-electron chi connectivity index (χ4n) is 0.604. The Kier molecular flexibility index (Phi) is 3.93. The van der Waals surface area contributed by atoms with Crippen LogP contribution in [0.3, 0.4) is 0 Å². The van der Waals surface area contributed by atoms with Gasteiger partial charge in [0.1, 0.15) is 0 Å². The molecule has 1 N–H and O–H groups in total. The molecule has 0 fully saturated rings. The quantitative estimate of drug-likeness (QED) is 0.684. The van der Waals surface area contributed by atoms with E-state index >= 15 is 0 Å². The molecule has 0 aliphatic carbocycles. The molecule has 70 valence electrons. The molecule has 0 aliphatic rings. The van der Waals surface area contributed by atoms with Crippen LogP contribution in [0.15, 0.2) is 0 Å². The van der Waals surface area contributed by atoms with Crippen LogP contribution in [0, 0.1) is 5.41 Å². The number of carbonyl (C=O) groups excluding carboxylic acids is 2. The van der Waals surface area contributed by atoms with E-state index in [9.17, 15) is 9.59 Å². The maximum atomic E-state index is 11.2. The number of hydrogen-bond acceptors (Lipinski definition) is 2. The van der Waals surface area contributed by atoms with E-state index in [0.29, 0.717) is 6.42 Å². The molecule has 0 aromatic heterocycles. The lowest BCUT2D eigenvalue weighted by Gasteiger charge is -2.16. The van der Waals surface area contributed by atoms with Gasteiger partial charge in [-0.05, 0) is 6.42 Å². The van der Waals surface area contributed by atoms with Crippen molar-refractivity contribution in [1.29, 1.82) is 0 Å². The summed E-state index contributed by atoms with van der Waals surface area (Å²) in [6.07, 6.45) is 1.19. The first kappa shape index (κ1) is 11.1. The van der Waals surface area contributed by atoms with Gasteiger partial charge in [0.15, 0.2) is 0 Å². The second-order valence-corrected chi connectivity index (χ2v) is 3.88. The molecule has 12 heavy (non-hydrogen) atoms. The minimum Gasteiger partial charge on any atom is -0.296 e. The topological polar surface area (TPSA) is 46.2 Å². The van der Waals surface area contributed by atoms with E-state index < -0.39 is 5.41 Å². The zero-order chi connectivity index (χ0) is 9.78. The van der Waals surface area contributed by atoms with Gasteiger partial charge in [-0.1, -0.05) is 27.7 Å². The summed E-state index contributed by atoms with van der Waals surface area (Å²) in [5.74, 6) is -0.390. The van der Waals surface area contributed by atoms with Crippen LogP contribution in [0.4, 0.5) is 0 Å². The van der Waals surface area contributed by atoms with Gasteiger partial charge in [0.05, 0.1) is 0 Å². The number of hydrogen-bond donors (Lipinski definition) is 1. The first-order valence-electron chi connectivity index (χ1n) is 4.22. The van der Waals surface area contributed by atoms with Crippen LogP contribution >= 0.6 is 0 Å². The fraction of sp³-hybridized carbons (Fsp3) is 0.778. The SMILES string of the molecule is CCCC(=O)NC(=O)C(C)(C)C. The second-order valence-electron chi connectivity index (χ2n) is 3.88. The first-order valence-corrected chi connectivity index (χ1v) is 4.22. The van der Waals surface area contributed by atoms with E-state index in [1.165, 1.54) is 0 Å². The number of carbonyl (C=O) groups is 2. The van der Waals surface area contributed by atoms with Crippen LogP contribution in [0.1, 0.15) is 40.5 Å². The average Bonchev–Trinajstić information content (AvgIpc) is 1.85. The summed E-state index contributed by atoms with van der Waals surface area (Å²) in [5.41, 5.74) is -0.483. The average molecular weight is 171 g/mol. The summed E-state index contributed by atoms with van der Waals surface area (Å²) < 4.78 is 0. The predicted molar refractivity (Wildman–Crippen MR) is 47.5 cm³/mol. The summed E-state index contributed by atoms with van der Waals surface area (Å²) in [7, 11) is 0. The molecule has 0 rings (SSSR count). The third-order valence-corrected chi connectivity index (χ3v) is 1.41. The molecule has 0 atom stereocenters. The van der Waals surface area contributed by atoms with Crippen molar-refractivity contribution in [3.8, 4) is 0 Å². The van der Waals surface area contributed by atoms with Crippen molar-refractivity contribution >= 4 is 11.8 Å². The Balaban J connectivity index is 3.94. The minimum absolute atomic E-state index is 0.183. The highest BCUT2D eigenvalue weighted by atomic mass is 16.2. The number of nitrogens with one attached hydrogen (secondary N) is 1. The van der Waals surface area contributed by atoms with Gasteiger partial charge in [-0.3, -0.25) is 14.9 Å². The Bertz CT molecular complexity index is 179. The molecule has 2 amide bonds. The third-order valence-electron chi connectivity index (χ3n) is 1.41. The van der Waals surface area contributed by atoms with Gasteiger partial charge < -0.3 is 0 Å². The Morgan fingerprint density at radius 3 is 2.08 bits per heavy atom. The predicted octanol–water partition coefficient (Wildman–Crippen LogP) is 1.48. The van der Waals surface area contributed by atoms with Crippen molar-refractivity contribution in [2.75, 3.05) is 0 Å². The van der Waals surface area contributed by atoms with E-state index in [0.717, 1.165) is 6.42 Å². The Hall–Kier alpha value is -0.860. The lowest BCUT2D eigenvalue weighted by atomic mass is 9.96. The van der Waals surface area contributed by atoms with Crippen LogP contribution in [-0.2, 0) is 9.59 Å². The molecule has 0 saturated carbocycles. The van der Waals surface area contributed by atoms with E-state index in [1.54, 1.807) is 20.8 Å². The zero-order valence-electron chi connectivity index (χ0n) is 8.23. The molecule has 0 unspecified atom stereocenters. The maximum Gasteiger partial charge on any atom is 0.231 e. The third kappa shape index (κ3) is 4.11. The van der Waals surface area contributed by atoms with Gasteiger partial charge in [0, 0.05) is 11.8 Å². The molecular weight excluding hydrogens is 154 g/mol. The van der Waals surface area contributed by atoms with Crippen LogP contribution in [0.2, 0.25) is 0 Å². The normalized spacial score (nSPS) is 11.0. The van der Waals surface area contributed by atoms with E-state index in [4.69, 9.17) is 0 Å². The van der Waals surface area contributed by atoms with E-state index in [2.05, 4.69) is 5.32 Å². The number of amides is 2. The van der Waals surface area contributed by atoms with E-state index in [-0.39, 0.29) is 11.8 Å². The van der Waals surface area contributed by atoms with Crippen LogP contribution in [-0.4, -0.2) is 11.8 Å². The smallest absolute Gasteiger partial charge is 0.231 e. The van der Waals surface area contributed by atoms with Gasteiger partial charge in [-0.15, -0.1) is 0 Å². The molecule has 0 aromatic rings. The molecule has 0 saturated heterocycles. The molecule has 3 nitrogen and oxygen atoms in total. The molecule has 3 heteroatoms. The molecule has 0 heterocycles. The molecule has 0 aliphatic heterocycles. The van der Waals surface area contributed by atoms with Gasteiger partial charge in [0.25, 0.3) is 0 Å². The zero-order valence-corrected chi connectivity index (χ0v) is 8.23. The minimum atomic E-state index is -0.483. The second kappa shape index (κ2) is 4.24. The first-order chi connectivity index (χ1) is 5.38. The van der Waals surface area contributed by atoms with Crippen molar-refractivity contribution in [3.63, 3.8) is 0 Å². The monoisotopic (exact) mass is 171 g/mol. The Morgan fingerprint density at radius 2 is 1.75 bits per heavy atom. The highest BCUT2D eigenvalue weighted by Gasteiger charge is 2.22. The Morgan fingerprint density at radius 1 is 1.25 bits per heavy atom. The van der Waals surface area contributed by atoms with Gasteiger partial charge in [-0.25, -0.2) is 0 Å². The van der Waals surface area contributed by atoms with Crippen molar-refractivity contribution in [1.82, 2.24) is 5.32 Å². The van der Waals surface area contributed by atoms with Crippen molar-refractivity contribution in [2.45, 2.75) is 40.5 Å². The lowest BCUT2D eigenvalue weighted by molar-refractivity contribution is -0.135. The van der Waals surface area contributed by atoms with E-state index in [1.807, 2.05) is 6.92 Å². The van der Waals surface area contributed by atoms with Crippen molar-refractivity contribution < 1.29 is 9.59 Å². The summed E-state index contributed by atoms with van der Waals surface area (Å²) >= 11 is 0. The van der Waals surface area contributed by atoms with Gasteiger partial charge in [-0.2, -0.15) is 0 Å². The largest absolute Gasteiger partial charge is 0.296 e. The highest BCUT2D eigenvalue weighted by Crippen LogP contribution is 2.12.